The molecule has 0 saturated heterocycles. The number of carbonyl (C=O) groups excluding carboxylic acids is 1. The van der Waals surface area contributed by atoms with Gasteiger partial charge in [-0.25, -0.2) is 4.79 Å². The van der Waals surface area contributed by atoms with Crippen LogP contribution in [0, 0.1) is 0 Å². The average molecular weight is 301 g/mol. The maximum absolute atomic E-state index is 11.9. The summed E-state index contributed by atoms with van der Waals surface area (Å²) < 4.78 is 10.5. The van der Waals surface area contributed by atoms with Gasteiger partial charge in [0.15, 0.2) is 0 Å². The number of hydrogen-bond donors (Lipinski definition) is 2. The normalized spacial score (nSPS) is 12.5. The number of aromatic carboxylic acids is 1. The topological polar surface area (TPSA) is 88.8 Å². The number of furan rings is 1. The predicted octanol–water partition coefficient (Wildman–Crippen LogP) is 1.77. The molecule has 0 spiro atoms. The Morgan fingerprint density at radius 2 is 2.09 bits per heavy atom. The fourth-order valence-corrected chi connectivity index (χ4v) is 2.37. The van der Waals surface area contributed by atoms with E-state index in [1.54, 1.807) is 0 Å². The van der Waals surface area contributed by atoms with Crippen molar-refractivity contribution in [2.24, 2.45) is 0 Å². The van der Waals surface area contributed by atoms with Crippen LogP contribution in [0.4, 0.5) is 0 Å². The SMILES string of the molecule is O=C(Cc1ccc2c(c1)CCO2)NCc1ccc(C(=O)O)o1. The highest BCUT2D eigenvalue weighted by Gasteiger charge is 2.14. The van der Waals surface area contributed by atoms with Crippen LogP contribution in [-0.4, -0.2) is 23.6 Å². The smallest absolute Gasteiger partial charge is 0.371 e. The van der Waals surface area contributed by atoms with Crippen LogP contribution in [0.1, 0.15) is 27.4 Å². The molecule has 0 saturated carbocycles. The average Bonchev–Trinajstić information content (AvgIpc) is 3.13. The first-order valence-corrected chi connectivity index (χ1v) is 6.95. The van der Waals surface area contributed by atoms with E-state index in [0.717, 1.165) is 23.3 Å². The highest BCUT2D eigenvalue weighted by atomic mass is 16.5. The third kappa shape index (κ3) is 3.11. The standard InChI is InChI=1S/C16H15NO5/c18-15(17-9-12-2-4-14(22-12)16(19)20)8-10-1-3-13-11(7-10)5-6-21-13/h1-4,7H,5-6,8-9H2,(H,17,18)(H,19,20). The monoisotopic (exact) mass is 301 g/mol. The second-order valence-electron chi connectivity index (χ2n) is 5.07. The van der Waals surface area contributed by atoms with Gasteiger partial charge in [0.1, 0.15) is 11.5 Å². The van der Waals surface area contributed by atoms with Gasteiger partial charge in [-0.1, -0.05) is 12.1 Å². The van der Waals surface area contributed by atoms with E-state index in [0.29, 0.717) is 12.4 Å². The van der Waals surface area contributed by atoms with Gasteiger partial charge in [-0.05, 0) is 29.3 Å². The lowest BCUT2D eigenvalue weighted by atomic mass is 10.1. The van der Waals surface area contributed by atoms with Crippen LogP contribution in [0.2, 0.25) is 0 Å². The molecule has 0 bridgehead atoms. The Bertz CT molecular complexity index is 719. The first-order chi connectivity index (χ1) is 10.6. The van der Waals surface area contributed by atoms with E-state index in [2.05, 4.69) is 5.32 Å². The van der Waals surface area contributed by atoms with Gasteiger partial charge in [-0.3, -0.25) is 4.79 Å². The number of hydrogen-bond acceptors (Lipinski definition) is 4. The van der Waals surface area contributed by atoms with Crippen molar-refractivity contribution in [2.75, 3.05) is 6.61 Å². The molecule has 0 unspecified atom stereocenters. The molecule has 1 aliphatic heterocycles. The van der Waals surface area contributed by atoms with Crippen molar-refractivity contribution in [3.8, 4) is 5.75 Å². The molecular formula is C16H15NO5. The summed E-state index contributed by atoms with van der Waals surface area (Å²) in [6.07, 6.45) is 1.13. The fraction of sp³-hybridized carbons (Fsp3) is 0.250. The predicted molar refractivity (Wildman–Crippen MR) is 76.9 cm³/mol. The lowest BCUT2D eigenvalue weighted by Crippen LogP contribution is -2.24. The lowest BCUT2D eigenvalue weighted by Gasteiger charge is -2.05. The first kappa shape index (κ1) is 14.2. The number of benzene rings is 1. The molecule has 1 aliphatic rings. The van der Waals surface area contributed by atoms with Crippen molar-refractivity contribution in [1.82, 2.24) is 5.32 Å². The van der Waals surface area contributed by atoms with Crippen LogP contribution in [0.25, 0.3) is 0 Å². The number of carboxylic acid groups (broad SMARTS) is 1. The number of carboxylic acids is 1. The zero-order valence-electron chi connectivity index (χ0n) is 11.8. The summed E-state index contributed by atoms with van der Waals surface area (Å²) in [7, 11) is 0. The molecule has 3 rings (SSSR count). The van der Waals surface area contributed by atoms with Gasteiger partial charge >= 0.3 is 5.97 Å². The summed E-state index contributed by atoms with van der Waals surface area (Å²) in [6.45, 7) is 0.857. The molecular weight excluding hydrogens is 286 g/mol. The van der Waals surface area contributed by atoms with E-state index in [4.69, 9.17) is 14.3 Å². The molecule has 114 valence electrons. The minimum atomic E-state index is -1.13. The quantitative estimate of drug-likeness (QED) is 0.878. The summed E-state index contributed by atoms with van der Waals surface area (Å²) >= 11 is 0. The molecule has 1 aromatic carbocycles. The van der Waals surface area contributed by atoms with Crippen LogP contribution in [0.5, 0.6) is 5.75 Å². The fourth-order valence-electron chi connectivity index (χ4n) is 2.37. The molecule has 1 amide bonds. The van der Waals surface area contributed by atoms with Crippen LogP contribution >= 0.6 is 0 Å². The van der Waals surface area contributed by atoms with E-state index >= 15 is 0 Å². The van der Waals surface area contributed by atoms with Crippen molar-refractivity contribution < 1.29 is 23.8 Å². The molecule has 0 radical (unpaired) electrons. The Morgan fingerprint density at radius 3 is 2.86 bits per heavy atom. The molecule has 0 fully saturated rings. The summed E-state index contributed by atoms with van der Waals surface area (Å²) in [4.78, 5) is 22.6. The van der Waals surface area contributed by atoms with E-state index < -0.39 is 5.97 Å². The van der Waals surface area contributed by atoms with Crippen molar-refractivity contribution in [3.05, 3.63) is 53.0 Å². The Morgan fingerprint density at radius 1 is 1.23 bits per heavy atom. The molecule has 22 heavy (non-hydrogen) atoms. The molecule has 6 heteroatoms. The number of nitrogens with one attached hydrogen (secondary N) is 1. The van der Waals surface area contributed by atoms with Crippen molar-refractivity contribution in [3.63, 3.8) is 0 Å². The summed E-state index contributed by atoms with van der Waals surface area (Å²) in [6, 6.07) is 8.65. The first-order valence-electron chi connectivity index (χ1n) is 6.95. The van der Waals surface area contributed by atoms with E-state index in [9.17, 15) is 9.59 Å². The largest absolute Gasteiger partial charge is 0.493 e. The van der Waals surface area contributed by atoms with Gasteiger partial charge in [0.25, 0.3) is 0 Å². The third-order valence-corrected chi connectivity index (χ3v) is 3.45. The second-order valence-corrected chi connectivity index (χ2v) is 5.07. The Labute approximate surface area is 126 Å². The number of ether oxygens (including phenoxy) is 1. The maximum atomic E-state index is 11.9. The zero-order valence-corrected chi connectivity index (χ0v) is 11.8. The van der Waals surface area contributed by atoms with Crippen LogP contribution in [0.3, 0.4) is 0 Å². The van der Waals surface area contributed by atoms with Gasteiger partial charge in [-0.2, -0.15) is 0 Å². The van der Waals surface area contributed by atoms with Crippen molar-refractivity contribution in [2.45, 2.75) is 19.4 Å². The summed E-state index contributed by atoms with van der Waals surface area (Å²) in [5.41, 5.74) is 2.05. The van der Waals surface area contributed by atoms with Crippen LogP contribution in [-0.2, 0) is 24.2 Å². The maximum Gasteiger partial charge on any atom is 0.371 e. The van der Waals surface area contributed by atoms with E-state index in [1.165, 1.54) is 12.1 Å². The molecule has 2 heterocycles. The molecule has 6 nitrogen and oxygen atoms in total. The Balaban J connectivity index is 1.55. The summed E-state index contributed by atoms with van der Waals surface area (Å²) in [5, 5.41) is 11.5. The van der Waals surface area contributed by atoms with Gasteiger partial charge in [0.05, 0.1) is 19.6 Å². The summed E-state index contributed by atoms with van der Waals surface area (Å²) in [5.74, 6) is -0.109. The lowest BCUT2D eigenvalue weighted by molar-refractivity contribution is -0.120. The van der Waals surface area contributed by atoms with Gasteiger partial charge in [-0.15, -0.1) is 0 Å². The number of amides is 1. The minimum Gasteiger partial charge on any atom is -0.493 e. The number of rotatable bonds is 5. The molecule has 0 aliphatic carbocycles. The zero-order chi connectivity index (χ0) is 15.5. The van der Waals surface area contributed by atoms with Crippen molar-refractivity contribution in [1.29, 1.82) is 0 Å². The molecule has 0 atom stereocenters. The number of carbonyl (C=O) groups is 2. The Hall–Kier alpha value is -2.76. The minimum absolute atomic E-state index is 0.136. The number of fused-ring (bicyclic) bond motifs is 1. The van der Waals surface area contributed by atoms with E-state index in [1.807, 2.05) is 18.2 Å². The second kappa shape index (κ2) is 5.93. The van der Waals surface area contributed by atoms with Crippen LogP contribution in [0.15, 0.2) is 34.7 Å². The van der Waals surface area contributed by atoms with Crippen molar-refractivity contribution >= 4 is 11.9 Å². The van der Waals surface area contributed by atoms with Gasteiger partial charge in [0.2, 0.25) is 11.7 Å². The van der Waals surface area contributed by atoms with E-state index in [-0.39, 0.29) is 24.6 Å². The van der Waals surface area contributed by atoms with Gasteiger partial charge < -0.3 is 19.6 Å². The molecule has 2 N–H and O–H groups in total. The highest BCUT2D eigenvalue weighted by molar-refractivity contribution is 5.84. The third-order valence-electron chi connectivity index (χ3n) is 3.45. The Kier molecular flexibility index (Phi) is 3.82. The molecule has 1 aromatic heterocycles. The highest BCUT2D eigenvalue weighted by Crippen LogP contribution is 2.25. The van der Waals surface area contributed by atoms with Gasteiger partial charge in [0, 0.05) is 6.42 Å². The van der Waals surface area contributed by atoms with Crippen LogP contribution < -0.4 is 10.1 Å². The molecule has 2 aromatic rings.